The second-order valence-corrected chi connectivity index (χ2v) is 6.40. The van der Waals surface area contributed by atoms with Crippen LogP contribution in [0.5, 0.6) is 0 Å². The maximum atomic E-state index is 12.1. The molecule has 22 heavy (non-hydrogen) atoms. The maximum absolute atomic E-state index is 12.1. The highest BCUT2D eigenvalue weighted by atomic mass is 79.9. The van der Waals surface area contributed by atoms with Crippen LogP contribution in [-0.2, 0) is 4.79 Å². The van der Waals surface area contributed by atoms with Gasteiger partial charge in [0.2, 0.25) is 5.91 Å². The number of para-hydroxylation sites is 1. The molecule has 1 amide bonds. The summed E-state index contributed by atoms with van der Waals surface area (Å²) in [7, 11) is 0. The van der Waals surface area contributed by atoms with Gasteiger partial charge in [-0.05, 0) is 59.1 Å². The van der Waals surface area contributed by atoms with Gasteiger partial charge >= 0.3 is 0 Å². The van der Waals surface area contributed by atoms with Gasteiger partial charge in [0.15, 0.2) is 0 Å². The van der Waals surface area contributed by atoms with Gasteiger partial charge in [0.1, 0.15) is 0 Å². The third-order valence-electron chi connectivity index (χ3n) is 3.24. The van der Waals surface area contributed by atoms with E-state index in [2.05, 4.69) is 26.6 Å². The Labute approximate surface area is 144 Å². The van der Waals surface area contributed by atoms with Crippen molar-refractivity contribution < 1.29 is 4.79 Å². The van der Waals surface area contributed by atoms with Crippen molar-refractivity contribution in [1.29, 1.82) is 0 Å². The highest BCUT2D eigenvalue weighted by Gasteiger charge is 2.09. The number of hydrogen-bond donors (Lipinski definition) is 2. The Hall–Kier alpha value is -1.52. The molecule has 116 valence electrons. The number of rotatable bonds is 5. The number of anilines is 2. The zero-order valence-corrected chi connectivity index (χ0v) is 14.9. The van der Waals surface area contributed by atoms with Gasteiger partial charge in [-0.15, -0.1) is 0 Å². The monoisotopic (exact) mass is 380 g/mol. The molecule has 2 rings (SSSR count). The molecule has 0 spiro atoms. The molecule has 2 aromatic rings. The molecule has 0 aliphatic carbocycles. The first kappa shape index (κ1) is 16.8. The first-order valence-electron chi connectivity index (χ1n) is 7.02. The summed E-state index contributed by atoms with van der Waals surface area (Å²) >= 11 is 9.66. The fraction of sp³-hybridized carbons (Fsp3) is 0.235. The van der Waals surface area contributed by atoms with Crippen LogP contribution in [0.15, 0.2) is 40.9 Å². The van der Waals surface area contributed by atoms with Crippen LogP contribution in [0.3, 0.4) is 0 Å². The minimum absolute atomic E-state index is 0.0617. The van der Waals surface area contributed by atoms with Gasteiger partial charge in [-0.1, -0.05) is 29.8 Å². The van der Waals surface area contributed by atoms with Gasteiger partial charge in [0.25, 0.3) is 0 Å². The number of hydrogen-bond acceptors (Lipinski definition) is 2. The van der Waals surface area contributed by atoms with Crippen molar-refractivity contribution in [3.63, 3.8) is 0 Å². The molecule has 0 bridgehead atoms. The van der Waals surface area contributed by atoms with Crippen LogP contribution in [0.4, 0.5) is 11.4 Å². The summed E-state index contributed by atoms with van der Waals surface area (Å²) in [5, 5.41) is 6.68. The number of halogens is 2. The molecule has 2 N–H and O–H groups in total. The maximum Gasteiger partial charge on any atom is 0.226 e. The summed E-state index contributed by atoms with van der Waals surface area (Å²) in [6.45, 7) is 4.47. The van der Waals surface area contributed by atoms with Gasteiger partial charge in [-0.25, -0.2) is 0 Å². The van der Waals surface area contributed by atoms with Crippen LogP contribution in [0.2, 0.25) is 5.02 Å². The lowest BCUT2D eigenvalue weighted by molar-refractivity contribution is -0.115. The zero-order valence-electron chi connectivity index (χ0n) is 12.5. The third kappa shape index (κ3) is 4.49. The number of aryl methyl sites for hydroxylation is 2. The first-order chi connectivity index (χ1) is 10.5. The fourth-order valence-electron chi connectivity index (χ4n) is 2.19. The molecular weight excluding hydrogens is 364 g/mol. The Balaban J connectivity index is 1.90. The Morgan fingerprint density at radius 1 is 1.23 bits per heavy atom. The van der Waals surface area contributed by atoms with Crippen LogP contribution in [0.1, 0.15) is 17.5 Å². The minimum Gasteiger partial charge on any atom is -0.384 e. The average Bonchev–Trinajstić information content (AvgIpc) is 2.45. The third-order valence-corrected chi connectivity index (χ3v) is 4.23. The van der Waals surface area contributed by atoms with Crippen LogP contribution >= 0.6 is 27.5 Å². The molecule has 0 aliphatic rings. The lowest BCUT2D eigenvalue weighted by atomic mass is 10.1. The number of carbonyl (C=O) groups is 1. The summed E-state index contributed by atoms with van der Waals surface area (Å²) in [6.07, 6.45) is 0.366. The molecule has 0 atom stereocenters. The van der Waals surface area contributed by atoms with Crippen molar-refractivity contribution in [3.8, 4) is 0 Å². The molecule has 0 heterocycles. The van der Waals surface area contributed by atoms with E-state index in [9.17, 15) is 4.79 Å². The molecule has 0 aliphatic heterocycles. The van der Waals surface area contributed by atoms with Crippen LogP contribution in [-0.4, -0.2) is 12.5 Å². The van der Waals surface area contributed by atoms with Crippen molar-refractivity contribution in [2.75, 3.05) is 17.2 Å². The van der Waals surface area contributed by atoms with Crippen LogP contribution < -0.4 is 10.6 Å². The van der Waals surface area contributed by atoms with E-state index in [0.29, 0.717) is 23.7 Å². The van der Waals surface area contributed by atoms with Gasteiger partial charge < -0.3 is 10.6 Å². The first-order valence-corrected chi connectivity index (χ1v) is 8.19. The summed E-state index contributed by atoms with van der Waals surface area (Å²) < 4.78 is 0.979. The van der Waals surface area contributed by atoms with E-state index in [0.717, 1.165) is 21.3 Å². The van der Waals surface area contributed by atoms with E-state index in [1.807, 2.05) is 50.2 Å². The molecule has 0 unspecified atom stereocenters. The van der Waals surface area contributed by atoms with Crippen molar-refractivity contribution in [2.45, 2.75) is 20.3 Å². The van der Waals surface area contributed by atoms with Gasteiger partial charge in [-0.2, -0.15) is 0 Å². The number of amides is 1. The average molecular weight is 382 g/mol. The summed E-state index contributed by atoms with van der Waals surface area (Å²) in [5.41, 5.74) is 3.71. The predicted molar refractivity (Wildman–Crippen MR) is 96.8 cm³/mol. The Morgan fingerprint density at radius 3 is 2.64 bits per heavy atom. The summed E-state index contributed by atoms with van der Waals surface area (Å²) in [5.74, 6) is -0.0617. The molecule has 0 saturated heterocycles. The van der Waals surface area contributed by atoms with Crippen molar-refractivity contribution in [3.05, 3.63) is 57.0 Å². The Kier molecular flexibility index (Phi) is 5.86. The lowest BCUT2D eigenvalue weighted by Crippen LogP contribution is -2.17. The van der Waals surface area contributed by atoms with Gasteiger partial charge in [-0.3, -0.25) is 4.79 Å². The van der Waals surface area contributed by atoms with Crippen molar-refractivity contribution in [1.82, 2.24) is 0 Å². The SMILES string of the molecule is Cc1cc(C)c(NC(=O)CCNc2ccccc2Br)c(Cl)c1. The molecule has 5 heteroatoms. The number of carbonyl (C=O) groups excluding carboxylic acids is 1. The van der Waals surface area contributed by atoms with E-state index < -0.39 is 0 Å². The van der Waals surface area contributed by atoms with Crippen molar-refractivity contribution >= 4 is 44.8 Å². The topological polar surface area (TPSA) is 41.1 Å². The van der Waals surface area contributed by atoms with Crippen LogP contribution in [0, 0.1) is 13.8 Å². The quantitative estimate of drug-likeness (QED) is 0.751. The number of benzene rings is 2. The highest BCUT2D eigenvalue weighted by Crippen LogP contribution is 2.27. The fourth-order valence-corrected chi connectivity index (χ4v) is 2.98. The van der Waals surface area contributed by atoms with E-state index >= 15 is 0 Å². The van der Waals surface area contributed by atoms with E-state index in [1.54, 1.807) is 0 Å². The number of nitrogens with one attached hydrogen (secondary N) is 2. The largest absolute Gasteiger partial charge is 0.384 e. The normalized spacial score (nSPS) is 10.4. The zero-order chi connectivity index (χ0) is 16.1. The molecule has 0 fully saturated rings. The molecular formula is C17H18BrClN2O. The summed E-state index contributed by atoms with van der Waals surface area (Å²) in [6, 6.07) is 11.7. The highest BCUT2D eigenvalue weighted by molar-refractivity contribution is 9.10. The molecule has 0 saturated carbocycles. The standard InChI is InChI=1S/C17H18BrClN2O/c1-11-9-12(2)17(14(19)10-11)21-16(22)7-8-20-15-6-4-3-5-13(15)18/h3-6,9-10,20H,7-8H2,1-2H3,(H,21,22). The minimum atomic E-state index is -0.0617. The molecule has 0 aromatic heterocycles. The van der Waals surface area contributed by atoms with Gasteiger partial charge in [0, 0.05) is 23.1 Å². The predicted octanol–water partition coefficient (Wildman–Crippen LogP) is 5.16. The molecule has 3 nitrogen and oxygen atoms in total. The van der Waals surface area contributed by atoms with E-state index in [1.165, 1.54) is 0 Å². The second kappa shape index (κ2) is 7.65. The molecule has 0 radical (unpaired) electrons. The van der Waals surface area contributed by atoms with Gasteiger partial charge in [0.05, 0.1) is 10.7 Å². The van der Waals surface area contributed by atoms with E-state index in [-0.39, 0.29) is 5.91 Å². The lowest BCUT2D eigenvalue weighted by Gasteiger charge is -2.12. The van der Waals surface area contributed by atoms with Crippen LogP contribution in [0.25, 0.3) is 0 Å². The van der Waals surface area contributed by atoms with E-state index in [4.69, 9.17) is 11.6 Å². The smallest absolute Gasteiger partial charge is 0.226 e. The summed E-state index contributed by atoms with van der Waals surface area (Å²) in [4.78, 5) is 12.1. The second-order valence-electron chi connectivity index (χ2n) is 5.14. The molecule has 2 aromatic carbocycles. The Bertz CT molecular complexity index is 665. The van der Waals surface area contributed by atoms with Crippen molar-refractivity contribution in [2.24, 2.45) is 0 Å². The Morgan fingerprint density at radius 2 is 1.95 bits per heavy atom.